The summed E-state index contributed by atoms with van der Waals surface area (Å²) in [6, 6.07) is 6.22. The van der Waals surface area contributed by atoms with E-state index in [-0.39, 0.29) is 44.0 Å². The number of carbonyl (C=O) groups excluding carboxylic acids is 2. The second-order valence-electron chi connectivity index (χ2n) is 8.93. The zero-order valence-electron chi connectivity index (χ0n) is 21.7. The molecule has 0 spiro atoms. The molecule has 39 heavy (non-hydrogen) atoms. The Morgan fingerprint density at radius 1 is 1.13 bits per heavy atom. The highest BCUT2D eigenvalue weighted by Gasteiger charge is 2.20. The number of nitrogens with one attached hydrogen (secondary N) is 4. The number of nitrogens with zero attached hydrogens (tertiary/aromatic N) is 1. The Labute approximate surface area is 224 Å². The van der Waals surface area contributed by atoms with E-state index in [1.165, 1.54) is 0 Å². The maximum absolute atomic E-state index is 12.8. The molecule has 0 bridgehead atoms. The van der Waals surface area contributed by atoms with Gasteiger partial charge in [-0.25, -0.2) is 0 Å². The third-order valence-electron chi connectivity index (χ3n) is 5.98. The molecule has 2 aromatic heterocycles. The van der Waals surface area contributed by atoms with Gasteiger partial charge in [-0.1, -0.05) is 12.1 Å². The van der Waals surface area contributed by atoms with Crippen LogP contribution in [0.25, 0.3) is 11.0 Å². The van der Waals surface area contributed by atoms with E-state index in [4.69, 9.17) is 20.3 Å². The Morgan fingerprint density at radius 3 is 2.62 bits per heavy atom. The van der Waals surface area contributed by atoms with Crippen LogP contribution in [0, 0.1) is 0 Å². The van der Waals surface area contributed by atoms with Crippen LogP contribution in [0.4, 0.5) is 5.95 Å². The van der Waals surface area contributed by atoms with Crippen molar-refractivity contribution in [3.05, 3.63) is 57.5 Å². The molecule has 0 fully saturated rings. The number of carbonyl (C=O) groups is 3. The van der Waals surface area contributed by atoms with Gasteiger partial charge in [-0.15, -0.1) is 0 Å². The van der Waals surface area contributed by atoms with Crippen molar-refractivity contribution in [2.75, 3.05) is 39.1 Å². The van der Waals surface area contributed by atoms with Crippen LogP contribution in [0.2, 0.25) is 0 Å². The largest absolute Gasteiger partial charge is 0.481 e. The normalized spacial score (nSPS) is 11.8. The summed E-state index contributed by atoms with van der Waals surface area (Å²) in [6.07, 6.45) is 2.64. The summed E-state index contributed by atoms with van der Waals surface area (Å²) in [6.45, 7) is 1.48. The molecule has 0 unspecified atom stereocenters. The van der Waals surface area contributed by atoms with Crippen molar-refractivity contribution in [3.63, 3.8) is 0 Å². The molecule has 0 saturated heterocycles. The van der Waals surface area contributed by atoms with Gasteiger partial charge >= 0.3 is 11.9 Å². The molecule has 0 aliphatic carbocycles. The first-order chi connectivity index (χ1) is 18.8. The monoisotopic (exact) mass is 542 g/mol. The Morgan fingerprint density at radius 2 is 1.90 bits per heavy atom. The van der Waals surface area contributed by atoms with E-state index >= 15 is 0 Å². The van der Waals surface area contributed by atoms with Crippen molar-refractivity contribution < 1.29 is 29.0 Å². The molecule has 0 saturated carbocycles. The molecule has 1 aromatic carbocycles. The van der Waals surface area contributed by atoms with E-state index in [9.17, 15) is 19.2 Å². The fourth-order valence-electron chi connectivity index (χ4n) is 3.96. The van der Waals surface area contributed by atoms with Crippen molar-refractivity contribution in [2.24, 2.45) is 0 Å². The number of rotatable bonds is 16. The van der Waals surface area contributed by atoms with Crippen LogP contribution < -0.4 is 21.9 Å². The van der Waals surface area contributed by atoms with E-state index in [0.717, 1.165) is 11.1 Å². The van der Waals surface area contributed by atoms with Crippen LogP contribution in [0.3, 0.4) is 0 Å². The minimum absolute atomic E-state index is 0.0437. The number of aromatic nitrogens is 3. The number of benzene rings is 1. The van der Waals surface area contributed by atoms with Gasteiger partial charge in [-0.05, 0) is 49.6 Å². The van der Waals surface area contributed by atoms with Crippen LogP contribution in [0.1, 0.15) is 40.7 Å². The number of anilines is 1. The van der Waals surface area contributed by atoms with Gasteiger partial charge in [-0.2, -0.15) is 4.98 Å². The first-order valence-electron chi connectivity index (χ1n) is 12.6. The zero-order valence-corrected chi connectivity index (χ0v) is 21.7. The number of carboxylic acids is 1. The lowest BCUT2D eigenvalue weighted by Gasteiger charge is -2.18. The number of hydrogen-bond acceptors (Lipinski definition) is 9. The molecular formula is C26H34N6O7. The predicted molar refractivity (Wildman–Crippen MR) is 143 cm³/mol. The lowest BCUT2D eigenvalue weighted by molar-refractivity contribution is -0.146. The summed E-state index contributed by atoms with van der Waals surface area (Å²) in [7, 11) is 1.80. The molecular weight excluding hydrogens is 508 g/mol. The van der Waals surface area contributed by atoms with Gasteiger partial charge in [0.2, 0.25) is 5.95 Å². The quantitative estimate of drug-likeness (QED) is 0.111. The highest BCUT2D eigenvalue weighted by atomic mass is 16.6. The number of nitrogens with two attached hydrogens (primary N) is 1. The van der Waals surface area contributed by atoms with Crippen LogP contribution in [0.5, 0.6) is 0 Å². The van der Waals surface area contributed by atoms with Gasteiger partial charge in [0.05, 0.1) is 25.0 Å². The molecule has 1 atom stereocenters. The molecule has 2 heterocycles. The van der Waals surface area contributed by atoms with Gasteiger partial charge in [-0.3, -0.25) is 24.2 Å². The maximum atomic E-state index is 12.8. The second-order valence-corrected chi connectivity index (χ2v) is 8.93. The van der Waals surface area contributed by atoms with Crippen molar-refractivity contribution in [1.82, 2.24) is 25.6 Å². The number of hydrogen-bond donors (Lipinski definition) is 6. The number of nitrogen functional groups attached to an aromatic ring is 1. The minimum Gasteiger partial charge on any atom is -0.481 e. The molecule has 1 amide bonds. The number of aromatic amines is 2. The van der Waals surface area contributed by atoms with E-state index in [0.29, 0.717) is 42.6 Å². The smallest absolute Gasteiger partial charge is 0.307 e. The number of esters is 1. The van der Waals surface area contributed by atoms with E-state index < -0.39 is 23.9 Å². The number of aryl methyl sites for hydroxylation is 2. The Hall–Kier alpha value is -4.23. The topological polar surface area (TPSA) is 202 Å². The lowest BCUT2D eigenvalue weighted by Crippen LogP contribution is -2.37. The average molecular weight is 543 g/mol. The van der Waals surface area contributed by atoms with Gasteiger partial charge < -0.3 is 35.9 Å². The highest BCUT2D eigenvalue weighted by Crippen LogP contribution is 2.16. The highest BCUT2D eigenvalue weighted by molar-refractivity contribution is 5.94. The van der Waals surface area contributed by atoms with Crippen molar-refractivity contribution in [3.8, 4) is 0 Å². The van der Waals surface area contributed by atoms with Crippen molar-refractivity contribution in [2.45, 2.75) is 38.1 Å². The van der Waals surface area contributed by atoms with Crippen LogP contribution in [0.15, 0.2) is 35.3 Å². The molecule has 13 heteroatoms. The summed E-state index contributed by atoms with van der Waals surface area (Å²) in [5, 5.41) is 15.2. The molecule has 0 aliphatic heterocycles. The first kappa shape index (κ1) is 29.3. The fraction of sp³-hybridized carbons (Fsp3) is 0.423. The summed E-state index contributed by atoms with van der Waals surface area (Å²) in [4.78, 5) is 57.9. The third kappa shape index (κ3) is 9.23. The summed E-state index contributed by atoms with van der Waals surface area (Å²) in [5.41, 5.74) is 7.83. The fourth-order valence-corrected chi connectivity index (χ4v) is 3.96. The molecule has 7 N–H and O–H groups in total. The maximum Gasteiger partial charge on any atom is 0.307 e. The molecule has 0 radical (unpaired) electrons. The Balaban J connectivity index is 1.53. The van der Waals surface area contributed by atoms with Crippen LogP contribution in [-0.4, -0.2) is 77.4 Å². The summed E-state index contributed by atoms with van der Waals surface area (Å²) < 4.78 is 10.4. The Bertz CT molecular complexity index is 1320. The number of amides is 1. The van der Waals surface area contributed by atoms with Gasteiger partial charge in [0.1, 0.15) is 12.3 Å². The lowest BCUT2D eigenvalue weighted by atomic mass is 10.0. The molecule has 3 aromatic rings. The average Bonchev–Trinajstić information content (AvgIpc) is 3.31. The van der Waals surface area contributed by atoms with Crippen LogP contribution in [-0.2, 0) is 31.9 Å². The number of fused-ring (bicyclic) bond motifs is 1. The standard InChI is InChI=1S/C26H34N6O7/c1-28-10-11-38-12-13-39-21(35)14-19(8-9-20(33)34)30-24(36)17-5-2-16(3-6-17)4-7-18-15-29-23-22(18)25(37)32-26(27)31-23/h2-3,5-6,15,19,28H,4,7-14H2,1H3,(H,30,36)(H,33,34)(H4,27,29,31,32,37)/t19-/m0/s1. The zero-order chi connectivity index (χ0) is 28.2. The third-order valence-corrected chi connectivity index (χ3v) is 5.98. The second kappa shape index (κ2) is 14.6. The van der Waals surface area contributed by atoms with E-state index in [2.05, 4.69) is 25.6 Å². The van der Waals surface area contributed by atoms with Crippen LogP contribution >= 0.6 is 0 Å². The first-order valence-corrected chi connectivity index (χ1v) is 12.6. The van der Waals surface area contributed by atoms with Crippen molar-refractivity contribution in [1.29, 1.82) is 0 Å². The van der Waals surface area contributed by atoms with Gasteiger partial charge in [0.25, 0.3) is 11.5 Å². The van der Waals surface area contributed by atoms with Gasteiger partial charge in [0.15, 0.2) is 0 Å². The minimum atomic E-state index is -1.03. The molecule has 210 valence electrons. The predicted octanol–water partition coefficient (Wildman–Crippen LogP) is 0.751. The van der Waals surface area contributed by atoms with E-state index in [1.54, 1.807) is 37.5 Å². The number of ether oxygens (including phenoxy) is 2. The SMILES string of the molecule is CNCCOCCOC(=O)C[C@H](CCC(=O)O)NC(=O)c1ccc(CCc2c[nH]c3nc(N)[nH]c(=O)c23)cc1. The molecule has 0 aliphatic rings. The number of likely N-dealkylation sites (N-methyl/N-ethyl adjacent to an activating group) is 1. The number of H-pyrrole nitrogens is 2. The molecule has 3 rings (SSSR count). The number of carboxylic acid groups (broad SMARTS) is 1. The Kier molecular flexibility index (Phi) is 11.0. The van der Waals surface area contributed by atoms with E-state index in [1.807, 2.05) is 0 Å². The number of aliphatic carboxylic acids is 1. The molecule has 13 nitrogen and oxygen atoms in total. The summed E-state index contributed by atoms with van der Waals surface area (Å²) in [5.74, 6) is -1.96. The summed E-state index contributed by atoms with van der Waals surface area (Å²) >= 11 is 0. The van der Waals surface area contributed by atoms with Crippen molar-refractivity contribution >= 4 is 34.8 Å². The van der Waals surface area contributed by atoms with Gasteiger partial charge in [0, 0.05) is 30.8 Å².